The zero-order valence-corrected chi connectivity index (χ0v) is 19.9. The molecule has 1 aliphatic heterocycles. The van der Waals surface area contributed by atoms with Gasteiger partial charge in [-0.15, -0.1) is 0 Å². The monoisotopic (exact) mass is 474 g/mol. The smallest absolute Gasteiger partial charge is 0.325 e. The number of hydrogen-bond acceptors (Lipinski definition) is 6. The lowest BCUT2D eigenvalue weighted by molar-refractivity contribution is -0.164. The molecule has 9 heteroatoms. The van der Waals surface area contributed by atoms with E-state index in [9.17, 15) is 18.0 Å². The van der Waals surface area contributed by atoms with Gasteiger partial charge in [0.25, 0.3) is 5.91 Å². The Morgan fingerprint density at radius 3 is 2.18 bits per heavy atom. The number of nitrogens with one attached hydrogen (secondary N) is 1. The van der Waals surface area contributed by atoms with Crippen LogP contribution in [0.4, 0.5) is 0 Å². The molecule has 8 nitrogen and oxygen atoms in total. The maximum absolute atomic E-state index is 13.2. The van der Waals surface area contributed by atoms with Crippen molar-refractivity contribution in [1.29, 1.82) is 0 Å². The van der Waals surface area contributed by atoms with Crippen molar-refractivity contribution in [2.75, 3.05) is 26.3 Å². The van der Waals surface area contributed by atoms with E-state index in [0.717, 1.165) is 5.56 Å². The van der Waals surface area contributed by atoms with Crippen LogP contribution in [0, 0.1) is 12.8 Å². The van der Waals surface area contributed by atoms with Gasteiger partial charge in [0.15, 0.2) is 0 Å². The first kappa shape index (κ1) is 24.9. The third-order valence-electron chi connectivity index (χ3n) is 5.42. The summed E-state index contributed by atoms with van der Waals surface area (Å²) in [4.78, 5) is 28.0. The normalized spacial score (nSPS) is 16.3. The van der Waals surface area contributed by atoms with Crippen LogP contribution < -0.4 is 4.72 Å². The topological polar surface area (TPSA) is 102 Å². The summed E-state index contributed by atoms with van der Waals surface area (Å²) in [6.45, 7) is 6.89. The first-order valence-corrected chi connectivity index (χ1v) is 12.4. The summed E-state index contributed by atoms with van der Waals surface area (Å²) in [5, 5.41) is 0. The molecule has 1 amide bonds. The molecule has 0 bridgehead atoms. The molecule has 178 valence electrons. The number of rotatable bonds is 8. The summed E-state index contributed by atoms with van der Waals surface area (Å²) in [5.74, 6) is -1.58. The Morgan fingerprint density at radius 1 is 1.00 bits per heavy atom. The second-order valence-corrected chi connectivity index (χ2v) is 10.0. The molecule has 1 aliphatic rings. The lowest BCUT2D eigenvalue weighted by Gasteiger charge is -2.31. The number of ether oxygens (including phenoxy) is 2. The lowest BCUT2D eigenvalue weighted by atomic mass is 10.0. The average Bonchev–Trinajstić information content (AvgIpc) is 2.81. The van der Waals surface area contributed by atoms with Crippen LogP contribution in [0.1, 0.15) is 31.1 Å². The molecule has 2 aromatic carbocycles. The second-order valence-electron chi connectivity index (χ2n) is 8.32. The number of esters is 1. The number of sulfonamides is 1. The second kappa shape index (κ2) is 10.9. The Balaban J connectivity index is 1.83. The zero-order valence-electron chi connectivity index (χ0n) is 19.1. The Bertz CT molecular complexity index is 1050. The Hall–Kier alpha value is -2.75. The molecule has 1 heterocycles. The highest BCUT2D eigenvalue weighted by Crippen LogP contribution is 2.23. The van der Waals surface area contributed by atoms with Gasteiger partial charge in [0.2, 0.25) is 16.1 Å². The van der Waals surface area contributed by atoms with Crippen LogP contribution in [0.15, 0.2) is 59.5 Å². The van der Waals surface area contributed by atoms with E-state index in [1.807, 2.05) is 6.92 Å². The number of amides is 1. The van der Waals surface area contributed by atoms with Crippen molar-refractivity contribution in [1.82, 2.24) is 9.62 Å². The van der Waals surface area contributed by atoms with Crippen LogP contribution in [-0.4, -0.2) is 57.5 Å². The van der Waals surface area contributed by atoms with Crippen molar-refractivity contribution in [3.05, 3.63) is 65.7 Å². The number of carbonyl (C=O) groups excluding carboxylic acids is 2. The third kappa shape index (κ3) is 6.40. The molecule has 1 fully saturated rings. The van der Waals surface area contributed by atoms with Crippen molar-refractivity contribution in [3.63, 3.8) is 0 Å². The molecule has 0 aromatic heterocycles. The van der Waals surface area contributed by atoms with Gasteiger partial charge >= 0.3 is 5.97 Å². The van der Waals surface area contributed by atoms with Crippen molar-refractivity contribution in [2.45, 2.75) is 37.8 Å². The standard InChI is InChI=1S/C24H30N2O6S/c1-17(2)21(25-33(29,30)20-11-9-18(3)10-12-20)24(28)32-22(19-7-5-4-6-8-19)23(27)26-13-15-31-16-14-26/h4-12,17,21-22,25H,13-16H2,1-3H3/t21-,22+/m1/s1. The molecule has 2 aromatic rings. The van der Waals surface area contributed by atoms with E-state index in [-0.39, 0.29) is 10.8 Å². The highest BCUT2D eigenvalue weighted by atomic mass is 32.2. The molecule has 1 N–H and O–H groups in total. The van der Waals surface area contributed by atoms with Gasteiger partial charge < -0.3 is 14.4 Å². The average molecular weight is 475 g/mol. The maximum atomic E-state index is 13.2. The van der Waals surface area contributed by atoms with Crippen molar-refractivity contribution in [3.8, 4) is 0 Å². The molecule has 0 spiro atoms. The first-order valence-electron chi connectivity index (χ1n) is 10.9. The minimum absolute atomic E-state index is 0.0514. The minimum atomic E-state index is -3.97. The van der Waals surface area contributed by atoms with E-state index in [1.165, 1.54) is 12.1 Å². The fourth-order valence-electron chi connectivity index (χ4n) is 3.44. The Labute approximate surface area is 194 Å². The van der Waals surface area contributed by atoms with Crippen molar-refractivity contribution in [2.24, 2.45) is 5.92 Å². The van der Waals surface area contributed by atoms with Gasteiger partial charge in [0.1, 0.15) is 6.04 Å². The Kier molecular flexibility index (Phi) is 8.23. The molecule has 33 heavy (non-hydrogen) atoms. The van der Waals surface area contributed by atoms with E-state index in [1.54, 1.807) is 61.2 Å². The molecule has 0 aliphatic carbocycles. The van der Waals surface area contributed by atoms with Gasteiger partial charge in [-0.05, 0) is 25.0 Å². The number of hydrogen-bond donors (Lipinski definition) is 1. The van der Waals surface area contributed by atoms with Gasteiger partial charge in [-0.25, -0.2) is 8.42 Å². The van der Waals surface area contributed by atoms with Gasteiger partial charge in [-0.3, -0.25) is 9.59 Å². The number of nitrogens with zero attached hydrogens (tertiary/aromatic N) is 1. The van der Waals surface area contributed by atoms with Crippen LogP contribution in [0.3, 0.4) is 0 Å². The van der Waals surface area contributed by atoms with Crippen LogP contribution in [-0.2, 0) is 29.1 Å². The third-order valence-corrected chi connectivity index (χ3v) is 6.87. The maximum Gasteiger partial charge on any atom is 0.325 e. The molecule has 0 saturated carbocycles. The van der Waals surface area contributed by atoms with Gasteiger partial charge in [0.05, 0.1) is 18.1 Å². The van der Waals surface area contributed by atoms with Crippen LogP contribution >= 0.6 is 0 Å². The largest absolute Gasteiger partial charge is 0.446 e. The summed E-state index contributed by atoms with van der Waals surface area (Å²) in [5.41, 5.74) is 1.44. The molecule has 1 saturated heterocycles. The first-order chi connectivity index (χ1) is 15.7. The van der Waals surface area contributed by atoms with E-state index in [0.29, 0.717) is 31.9 Å². The highest BCUT2D eigenvalue weighted by Gasteiger charge is 2.35. The number of benzene rings is 2. The Morgan fingerprint density at radius 2 is 1.61 bits per heavy atom. The summed E-state index contributed by atoms with van der Waals surface area (Å²) >= 11 is 0. The van der Waals surface area contributed by atoms with Gasteiger partial charge in [0, 0.05) is 18.7 Å². The summed E-state index contributed by atoms with van der Waals surface area (Å²) in [6, 6.07) is 13.9. The number of aryl methyl sites for hydroxylation is 1. The summed E-state index contributed by atoms with van der Waals surface area (Å²) < 4.78 is 39.2. The fourth-order valence-corrected chi connectivity index (χ4v) is 4.77. The predicted octanol–water partition coefficient (Wildman–Crippen LogP) is 2.44. The molecular formula is C24H30N2O6S. The molecule has 3 rings (SSSR count). The molecule has 0 radical (unpaired) electrons. The predicted molar refractivity (Wildman–Crippen MR) is 123 cm³/mol. The fraction of sp³-hybridized carbons (Fsp3) is 0.417. The quantitative estimate of drug-likeness (QED) is 0.590. The highest BCUT2D eigenvalue weighted by molar-refractivity contribution is 7.89. The van der Waals surface area contributed by atoms with E-state index < -0.39 is 34.1 Å². The molecular weight excluding hydrogens is 444 g/mol. The van der Waals surface area contributed by atoms with Crippen molar-refractivity contribution < 1.29 is 27.5 Å². The zero-order chi connectivity index (χ0) is 24.0. The molecule has 0 unspecified atom stereocenters. The summed E-state index contributed by atoms with van der Waals surface area (Å²) in [7, 11) is -3.97. The number of carbonyl (C=O) groups is 2. The summed E-state index contributed by atoms with van der Waals surface area (Å²) in [6.07, 6.45) is -1.18. The van der Waals surface area contributed by atoms with Gasteiger partial charge in [-0.2, -0.15) is 4.72 Å². The number of morpholine rings is 1. The van der Waals surface area contributed by atoms with Crippen LogP contribution in [0.25, 0.3) is 0 Å². The van der Waals surface area contributed by atoms with Crippen LogP contribution in [0.2, 0.25) is 0 Å². The minimum Gasteiger partial charge on any atom is -0.446 e. The van der Waals surface area contributed by atoms with E-state index in [4.69, 9.17) is 9.47 Å². The lowest BCUT2D eigenvalue weighted by Crippen LogP contribution is -2.48. The van der Waals surface area contributed by atoms with E-state index in [2.05, 4.69) is 4.72 Å². The van der Waals surface area contributed by atoms with Gasteiger partial charge in [-0.1, -0.05) is 61.9 Å². The van der Waals surface area contributed by atoms with Crippen LogP contribution in [0.5, 0.6) is 0 Å². The molecule has 2 atom stereocenters. The van der Waals surface area contributed by atoms with E-state index >= 15 is 0 Å². The van der Waals surface area contributed by atoms with Crippen molar-refractivity contribution >= 4 is 21.9 Å². The SMILES string of the molecule is Cc1ccc(S(=O)(=O)N[C@@H](C(=O)O[C@H](C(=O)N2CCOCC2)c2ccccc2)C(C)C)cc1.